The summed E-state index contributed by atoms with van der Waals surface area (Å²) in [5, 5.41) is 8.01. The molecule has 0 saturated carbocycles. The van der Waals surface area contributed by atoms with Crippen molar-refractivity contribution in [1.82, 2.24) is 15.6 Å². The Morgan fingerprint density at radius 1 is 1.43 bits per heavy atom. The molecule has 0 radical (unpaired) electrons. The molecule has 1 aromatic heterocycles. The molecule has 7 nitrogen and oxygen atoms in total. The van der Waals surface area contributed by atoms with Gasteiger partial charge in [-0.25, -0.2) is 9.78 Å². The third kappa shape index (κ3) is 3.21. The Labute approximate surface area is 126 Å². The van der Waals surface area contributed by atoms with E-state index in [0.717, 1.165) is 30.4 Å². The maximum atomic E-state index is 12.2. The summed E-state index contributed by atoms with van der Waals surface area (Å²) >= 11 is 1.92. The van der Waals surface area contributed by atoms with Gasteiger partial charge in [0, 0.05) is 37.3 Å². The maximum Gasteiger partial charge on any atom is 0.315 e. The van der Waals surface area contributed by atoms with Gasteiger partial charge < -0.3 is 20.9 Å². The second kappa shape index (κ2) is 6.21. The molecular formula is C13H17N5O2S. The van der Waals surface area contributed by atoms with Crippen molar-refractivity contribution >= 4 is 35.2 Å². The zero-order valence-corrected chi connectivity index (χ0v) is 12.3. The number of aromatic nitrogens is 1. The van der Waals surface area contributed by atoms with Crippen LogP contribution in [0.15, 0.2) is 18.3 Å². The van der Waals surface area contributed by atoms with Crippen molar-refractivity contribution in [3.63, 3.8) is 0 Å². The van der Waals surface area contributed by atoms with Crippen molar-refractivity contribution in [2.75, 3.05) is 41.4 Å². The molecule has 2 aliphatic heterocycles. The van der Waals surface area contributed by atoms with E-state index in [1.54, 1.807) is 12.3 Å². The van der Waals surface area contributed by atoms with Crippen molar-refractivity contribution in [2.24, 2.45) is 0 Å². The first-order valence-corrected chi connectivity index (χ1v) is 8.02. The zero-order valence-electron chi connectivity index (χ0n) is 11.5. The van der Waals surface area contributed by atoms with Crippen LogP contribution < -0.4 is 20.9 Å². The predicted octanol–water partition coefficient (Wildman–Crippen LogP) is 0.255. The Morgan fingerprint density at radius 3 is 2.95 bits per heavy atom. The number of nitrogens with one attached hydrogen (secondary N) is 3. The molecule has 8 heteroatoms. The maximum absolute atomic E-state index is 12.2. The highest BCUT2D eigenvalue weighted by atomic mass is 32.2. The summed E-state index contributed by atoms with van der Waals surface area (Å²) in [6.45, 7) is 2.15. The summed E-state index contributed by atoms with van der Waals surface area (Å²) in [4.78, 5) is 29.9. The van der Waals surface area contributed by atoms with E-state index in [4.69, 9.17) is 0 Å². The van der Waals surface area contributed by atoms with Crippen LogP contribution in [0.4, 0.5) is 16.3 Å². The molecule has 0 aliphatic carbocycles. The average molecular weight is 307 g/mol. The van der Waals surface area contributed by atoms with Crippen LogP contribution in [0.3, 0.4) is 0 Å². The van der Waals surface area contributed by atoms with E-state index in [-0.39, 0.29) is 11.9 Å². The number of thioether (sulfide) groups is 1. The molecule has 0 aromatic carbocycles. The van der Waals surface area contributed by atoms with E-state index in [0.29, 0.717) is 12.2 Å². The number of nitrogens with zero attached hydrogens (tertiary/aromatic N) is 2. The molecule has 3 rings (SSSR count). The number of carbonyl (C=O) groups is 2. The summed E-state index contributed by atoms with van der Waals surface area (Å²) in [7, 11) is 0. The number of amides is 3. The van der Waals surface area contributed by atoms with Crippen molar-refractivity contribution in [3.05, 3.63) is 18.3 Å². The van der Waals surface area contributed by atoms with E-state index < -0.39 is 6.04 Å². The molecule has 2 fully saturated rings. The minimum absolute atomic E-state index is 0.228. The van der Waals surface area contributed by atoms with Gasteiger partial charge in [-0.3, -0.25) is 4.79 Å². The summed E-state index contributed by atoms with van der Waals surface area (Å²) in [5.41, 5.74) is 0.690. The number of hydrogen-bond acceptors (Lipinski definition) is 5. The molecule has 3 amide bonds. The first-order chi connectivity index (χ1) is 10.2. The number of anilines is 2. The Bertz CT molecular complexity index is 547. The van der Waals surface area contributed by atoms with Crippen LogP contribution in [-0.2, 0) is 4.79 Å². The monoisotopic (exact) mass is 307 g/mol. The van der Waals surface area contributed by atoms with Gasteiger partial charge in [-0.15, -0.1) is 0 Å². The molecule has 0 spiro atoms. The van der Waals surface area contributed by atoms with Gasteiger partial charge in [-0.2, -0.15) is 11.8 Å². The smallest absolute Gasteiger partial charge is 0.315 e. The summed E-state index contributed by atoms with van der Waals surface area (Å²) in [5.74, 6) is 2.69. The number of hydrogen-bond donors (Lipinski definition) is 3. The third-order valence-corrected chi connectivity index (χ3v) is 4.39. The van der Waals surface area contributed by atoms with Crippen molar-refractivity contribution in [2.45, 2.75) is 6.04 Å². The van der Waals surface area contributed by atoms with Gasteiger partial charge in [-0.05, 0) is 12.1 Å². The molecule has 21 heavy (non-hydrogen) atoms. The topological polar surface area (TPSA) is 86.4 Å². The van der Waals surface area contributed by atoms with E-state index in [9.17, 15) is 9.59 Å². The molecule has 1 aromatic rings. The minimum Gasteiger partial charge on any atom is -0.353 e. The third-order valence-electron chi connectivity index (χ3n) is 3.44. The minimum atomic E-state index is -0.539. The summed E-state index contributed by atoms with van der Waals surface area (Å²) < 4.78 is 0. The second-order valence-electron chi connectivity index (χ2n) is 4.87. The molecule has 3 heterocycles. The van der Waals surface area contributed by atoms with Gasteiger partial charge in [0.25, 0.3) is 0 Å². The van der Waals surface area contributed by atoms with Crippen LogP contribution in [0.2, 0.25) is 0 Å². The fraction of sp³-hybridized carbons (Fsp3) is 0.462. The van der Waals surface area contributed by atoms with Crippen LogP contribution in [0.25, 0.3) is 0 Å². The van der Waals surface area contributed by atoms with Gasteiger partial charge in [-0.1, -0.05) is 0 Å². The first-order valence-electron chi connectivity index (χ1n) is 6.87. The van der Waals surface area contributed by atoms with Crippen molar-refractivity contribution in [1.29, 1.82) is 0 Å². The molecular weight excluding hydrogens is 290 g/mol. The Morgan fingerprint density at radius 2 is 2.24 bits per heavy atom. The number of urea groups is 1. The number of pyridine rings is 1. The van der Waals surface area contributed by atoms with Crippen LogP contribution in [-0.4, -0.2) is 54.1 Å². The highest BCUT2D eigenvalue weighted by Crippen LogP contribution is 2.25. The largest absolute Gasteiger partial charge is 0.353 e. The molecule has 112 valence electrons. The van der Waals surface area contributed by atoms with Gasteiger partial charge in [0.1, 0.15) is 6.04 Å². The zero-order chi connectivity index (χ0) is 14.7. The summed E-state index contributed by atoms with van der Waals surface area (Å²) in [6.07, 6.45) is 1.73. The highest BCUT2D eigenvalue weighted by Gasteiger charge is 2.27. The number of carbonyl (C=O) groups excluding carboxylic acids is 2. The molecule has 2 aliphatic rings. The molecule has 0 unspecified atom stereocenters. The second-order valence-corrected chi connectivity index (χ2v) is 6.09. The SMILES string of the molecule is O=C1NC[C@H](C(=O)Nc2cccnc2N2CCSCC2)N1. The lowest BCUT2D eigenvalue weighted by Crippen LogP contribution is -2.39. The van der Waals surface area contributed by atoms with Crippen LogP contribution in [0, 0.1) is 0 Å². The van der Waals surface area contributed by atoms with Gasteiger partial charge in [0.05, 0.1) is 5.69 Å². The molecule has 3 N–H and O–H groups in total. The quantitative estimate of drug-likeness (QED) is 0.745. The number of rotatable bonds is 3. The molecule has 2 saturated heterocycles. The van der Waals surface area contributed by atoms with Crippen molar-refractivity contribution < 1.29 is 9.59 Å². The van der Waals surface area contributed by atoms with Crippen molar-refractivity contribution in [3.8, 4) is 0 Å². The average Bonchev–Trinajstić information content (AvgIpc) is 2.95. The molecule has 0 bridgehead atoms. The van der Waals surface area contributed by atoms with E-state index in [2.05, 4.69) is 25.8 Å². The van der Waals surface area contributed by atoms with Crippen LogP contribution in [0.1, 0.15) is 0 Å². The summed E-state index contributed by atoms with van der Waals surface area (Å²) in [6, 6.07) is 2.78. The van der Waals surface area contributed by atoms with Crippen LogP contribution >= 0.6 is 11.8 Å². The lowest BCUT2D eigenvalue weighted by atomic mass is 10.2. The normalized spacial score (nSPS) is 21.6. The fourth-order valence-corrected chi connectivity index (χ4v) is 3.26. The first kappa shape index (κ1) is 14.0. The predicted molar refractivity (Wildman–Crippen MR) is 82.7 cm³/mol. The Kier molecular flexibility index (Phi) is 4.14. The lowest BCUT2D eigenvalue weighted by Gasteiger charge is -2.29. The fourth-order valence-electron chi connectivity index (χ4n) is 2.35. The van der Waals surface area contributed by atoms with E-state index >= 15 is 0 Å². The van der Waals surface area contributed by atoms with E-state index in [1.807, 2.05) is 17.8 Å². The van der Waals surface area contributed by atoms with Gasteiger partial charge >= 0.3 is 6.03 Å². The Balaban J connectivity index is 1.72. The van der Waals surface area contributed by atoms with Gasteiger partial charge in [0.15, 0.2) is 5.82 Å². The lowest BCUT2D eigenvalue weighted by molar-refractivity contribution is -0.117. The van der Waals surface area contributed by atoms with Gasteiger partial charge in [0.2, 0.25) is 5.91 Å². The standard InChI is InChI=1S/C13H17N5O2S/c19-12(10-8-15-13(20)17-10)16-9-2-1-3-14-11(9)18-4-6-21-7-5-18/h1-3,10H,4-8H2,(H,16,19)(H2,15,17,20)/t10-/m1/s1. The van der Waals surface area contributed by atoms with E-state index in [1.165, 1.54) is 0 Å². The molecule has 1 atom stereocenters. The Hall–Kier alpha value is -1.96. The van der Waals surface area contributed by atoms with Crippen LogP contribution in [0.5, 0.6) is 0 Å². The highest BCUT2D eigenvalue weighted by molar-refractivity contribution is 7.99.